The van der Waals surface area contributed by atoms with E-state index < -0.39 is 0 Å². The van der Waals surface area contributed by atoms with E-state index in [1.54, 1.807) is 6.92 Å². The summed E-state index contributed by atoms with van der Waals surface area (Å²) in [5, 5.41) is 7.72. The molecule has 1 aromatic rings. The monoisotopic (exact) mass is 548 g/mol. The summed E-state index contributed by atoms with van der Waals surface area (Å²) >= 11 is 6.14. The molecular formula is C21H34ClIN6O. The first-order valence-corrected chi connectivity index (χ1v) is 11.0. The summed E-state index contributed by atoms with van der Waals surface area (Å²) in [5.41, 5.74) is 1.17. The van der Waals surface area contributed by atoms with Crippen molar-refractivity contribution in [3.05, 3.63) is 29.3 Å². The standard InChI is InChI=1S/C21H33ClN6O.HI/c1-3-23-21(24-8-10-26-11-13-27(14-12-26)17(2)29)25-19-7-9-28(16-19)20-6-4-5-18(22)15-20;/h4-6,15,19H,3,7-14,16H2,1-2H3,(H2,23,24,25);1H. The maximum absolute atomic E-state index is 11.4. The summed E-state index contributed by atoms with van der Waals surface area (Å²) < 4.78 is 0. The van der Waals surface area contributed by atoms with Gasteiger partial charge in [0.25, 0.3) is 0 Å². The zero-order valence-electron chi connectivity index (χ0n) is 17.9. The summed E-state index contributed by atoms with van der Waals surface area (Å²) in [4.78, 5) is 22.9. The molecule has 2 N–H and O–H groups in total. The van der Waals surface area contributed by atoms with Gasteiger partial charge in [0.15, 0.2) is 5.96 Å². The Labute approximate surface area is 202 Å². The highest BCUT2D eigenvalue weighted by Crippen LogP contribution is 2.23. The number of benzene rings is 1. The van der Waals surface area contributed by atoms with Crippen LogP contribution in [-0.2, 0) is 4.79 Å². The average Bonchev–Trinajstić information content (AvgIpc) is 3.17. The molecule has 7 nitrogen and oxygen atoms in total. The van der Waals surface area contributed by atoms with Gasteiger partial charge < -0.3 is 20.4 Å². The molecule has 2 fully saturated rings. The maximum atomic E-state index is 11.4. The number of amides is 1. The Morgan fingerprint density at radius 1 is 1.23 bits per heavy atom. The molecule has 168 valence electrons. The molecule has 2 saturated heterocycles. The van der Waals surface area contributed by atoms with E-state index in [0.717, 1.165) is 76.3 Å². The van der Waals surface area contributed by atoms with Crippen LogP contribution < -0.4 is 15.5 Å². The van der Waals surface area contributed by atoms with E-state index in [1.165, 1.54) is 5.69 Å². The van der Waals surface area contributed by atoms with Crippen LogP contribution >= 0.6 is 35.6 Å². The van der Waals surface area contributed by atoms with Gasteiger partial charge in [-0.2, -0.15) is 0 Å². The second kappa shape index (κ2) is 12.6. The minimum Gasteiger partial charge on any atom is -0.369 e. The van der Waals surface area contributed by atoms with E-state index in [4.69, 9.17) is 16.6 Å². The highest BCUT2D eigenvalue weighted by molar-refractivity contribution is 14.0. The van der Waals surface area contributed by atoms with E-state index in [2.05, 4.69) is 33.4 Å². The summed E-state index contributed by atoms with van der Waals surface area (Å²) in [7, 11) is 0. The molecule has 1 atom stereocenters. The van der Waals surface area contributed by atoms with Gasteiger partial charge in [0.05, 0.1) is 6.54 Å². The fourth-order valence-corrected chi connectivity index (χ4v) is 4.07. The number of nitrogens with one attached hydrogen (secondary N) is 2. The zero-order chi connectivity index (χ0) is 20.6. The number of carbonyl (C=O) groups excluding carboxylic acids is 1. The van der Waals surface area contributed by atoms with Crippen LogP contribution in [0.5, 0.6) is 0 Å². The molecule has 1 unspecified atom stereocenters. The molecule has 2 aliphatic heterocycles. The quantitative estimate of drug-likeness (QED) is 0.324. The normalized spacial score (nSPS) is 20.1. The van der Waals surface area contributed by atoms with Crippen molar-refractivity contribution in [1.29, 1.82) is 0 Å². The number of carbonyl (C=O) groups is 1. The van der Waals surface area contributed by atoms with Gasteiger partial charge in [-0.05, 0) is 31.5 Å². The van der Waals surface area contributed by atoms with Crippen LogP contribution in [0, 0.1) is 0 Å². The number of hydrogen-bond acceptors (Lipinski definition) is 4. The van der Waals surface area contributed by atoms with Crippen molar-refractivity contribution < 1.29 is 4.79 Å². The van der Waals surface area contributed by atoms with E-state index >= 15 is 0 Å². The SMILES string of the molecule is CCNC(=NCCN1CCN(C(C)=O)CC1)NC1CCN(c2cccc(Cl)c2)C1.I. The Bertz CT molecular complexity index is 710. The first kappa shape index (κ1) is 25.0. The summed E-state index contributed by atoms with van der Waals surface area (Å²) in [6.07, 6.45) is 1.07. The van der Waals surface area contributed by atoms with Gasteiger partial charge in [-0.3, -0.25) is 14.7 Å². The van der Waals surface area contributed by atoms with Crippen molar-refractivity contribution in [3.8, 4) is 0 Å². The number of piperazine rings is 1. The largest absolute Gasteiger partial charge is 0.369 e. The number of nitrogens with zero attached hydrogens (tertiary/aromatic N) is 4. The highest BCUT2D eigenvalue weighted by atomic mass is 127. The summed E-state index contributed by atoms with van der Waals surface area (Å²) in [6.45, 7) is 11.7. The highest BCUT2D eigenvalue weighted by Gasteiger charge is 2.23. The Morgan fingerprint density at radius 3 is 2.67 bits per heavy atom. The molecule has 1 aromatic carbocycles. The molecule has 3 rings (SSSR count). The van der Waals surface area contributed by atoms with Crippen molar-refractivity contribution in [3.63, 3.8) is 0 Å². The minimum atomic E-state index is 0. The van der Waals surface area contributed by atoms with Gasteiger partial charge in [-0.1, -0.05) is 17.7 Å². The predicted molar refractivity (Wildman–Crippen MR) is 135 cm³/mol. The fourth-order valence-electron chi connectivity index (χ4n) is 3.89. The van der Waals surface area contributed by atoms with Gasteiger partial charge in [0.1, 0.15) is 0 Å². The lowest BCUT2D eigenvalue weighted by Crippen LogP contribution is -2.49. The third kappa shape index (κ3) is 7.46. The third-order valence-electron chi connectivity index (χ3n) is 5.55. The van der Waals surface area contributed by atoms with Crippen LogP contribution in [0.15, 0.2) is 29.3 Å². The van der Waals surface area contributed by atoms with Crippen molar-refractivity contribution in [2.75, 3.05) is 63.8 Å². The van der Waals surface area contributed by atoms with Crippen LogP contribution in [0.1, 0.15) is 20.3 Å². The number of hydrogen-bond donors (Lipinski definition) is 2. The van der Waals surface area contributed by atoms with Gasteiger partial charge in [0.2, 0.25) is 5.91 Å². The molecule has 1 amide bonds. The van der Waals surface area contributed by atoms with Crippen LogP contribution in [0.25, 0.3) is 0 Å². The molecule has 0 spiro atoms. The molecule has 2 heterocycles. The molecule has 0 saturated carbocycles. The lowest BCUT2D eigenvalue weighted by molar-refractivity contribution is -0.130. The van der Waals surface area contributed by atoms with Crippen molar-refractivity contribution in [1.82, 2.24) is 20.4 Å². The number of rotatable bonds is 6. The van der Waals surface area contributed by atoms with Gasteiger partial charge in [0, 0.05) is 76.0 Å². The van der Waals surface area contributed by atoms with Crippen LogP contribution in [-0.4, -0.2) is 86.6 Å². The molecule has 9 heteroatoms. The van der Waals surface area contributed by atoms with Gasteiger partial charge in [-0.15, -0.1) is 24.0 Å². The molecule has 30 heavy (non-hydrogen) atoms. The average molecular weight is 549 g/mol. The molecule has 0 radical (unpaired) electrons. The van der Waals surface area contributed by atoms with Crippen molar-refractivity contribution in [2.24, 2.45) is 4.99 Å². The summed E-state index contributed by atoms with van der Waals surface area (Å²) in [6, 6.07) is 8.41. The lowest BCUT2D eigenvalue weighted by Gasteiger charge is -2.33. The summed E-state index contributed by atoms with van der Waals surface area (Å²) in [5.74, 6) is 1.05. The topological polar surface area (TPSA) is 63.2 Å². The van der Waals surface area contributed by atoms with E-state index in [0.29, 0.717) is 6.04 Å². The first-order chi connectivity index (χ1) is 14.0. The van der Waals surface area contributed by atoms with Crippen LogP contribution in [0.3, 0.4) is 0 Å². The number of anilines is 1. The first-order valence-electron chi connectivity index (χ1n) is 10.6. The molecular weight excluding hydrogens is 515 g/mol. The van der Waals surface area contributed by atoms with Crippen LogP contribution in [0.4, 0.5) is 5.69 Å². The smallest absolute Gasteiger partial charge is 0.219 e. The van der Waals surface area contributed by atoms with Crippen LogP contribution in [0.2, 0.25) is 5.02 Å². The molecule has 0 aromatic heterocycles. The lowest BCUT2D eigenvalue weighted by atomic mass is 10.2. The number of aliphatic imine (C=N–C) groups is 1. The second-order valence-electron chi connectivity index (χ2n) is 7.66. The van der Waals surface area contributed by atoms with Gasteiger partial charge >= 0.3 is 0 Å². The van der Waals surface area contributed by atoms with E-state index in [9.17, 15) is 4.79 Å². The fraction of sp³-hybridized carbons (Fsp3) is 0.619. The van der Waals surface area contributed by atoms with Crippen molar-refractivity contribution in [2.45, 2.75) is 26.3 Å². The Morgan fingerprint density at radius 2 is 2.00 bits per heavy atom. The van der Waals surface area contributed by atoms with Crippen molar-refractivity contribution >= 4 is 53.1 Å². The molecule has 0 bridgehead atoms. The van der Waals surface area contributed by atoms with E-state index in [1.807, 2.05) is 23.1 Å². The Hall–Kier alpha value is -1.26. The van der Waals surface area contributed by atoms with E-state index in [-0.39, 0.29) is 29.9 Å². The molecule has 0 aliphatic carbocycles. The number of guanidine groups is 1. The minimum absolute atomic E-state index is 0. The molecule has 2 aliphatic rings. The number of halogens is 2. The van der Waals surface area contributed by atoms with Gasteiger partial charge in [-0.25, -0.2) is 0 Å². The zero-order valence-corrected chi connectivity index (χ0v) is 21.0. The maximum Gasteiger partial charge on any atom is 0.219 e. The Balaban J connectivity index is 0.00000320. The second-order valence-corrected chi connectivity index (χ2v) is 8.10. The predicted octanol–water partition coefficient (Wildman–Crippen LogP) is 2.26. The Kier molecular flexibility index (Phi) is 10.5. The third-order valence-corrected chi connectivity index (χ3v) is 5.79.